The maximum atomic E-state index is 5.62. The van der Waals surface area contributed by atoms with Gasteiger partial charge in [-0.3, -0.25) is 4.99 Å². The molecule has 2 heterocycles. The molecule has 1 saturated heterocycles. The number of halogens is 1. The number of aromatic nitrogens is 1. The standard InChI is InChI=1S/C21H37N5OS.HI/c1-3-27-15-11-21(9-4-5-10-21)17-24-19(22-2)23-12-8-18-16-28-20(25-18)26-13-6-7-14-26;/h16H,3-15,17H2,1-2H3,(H2,22,23,24);1H. The monoisotopic (exact) mass is 535 g/mol. The van der Waals surface area contributed by atoms with Crippen molar-refractivity contribution >= 4 is 46.4 Å². The Hall–Kier alpha value is -0.610. The molecule has 6 nitrogen and oxygen atoms in total. The molecule has 3 rings (SSSR count). The van der Waals surface area contributed by atoms with Crippen LogP contribution in [-0.4, -0.2) is 57.4 Å². The zero-order valence-electron chi connectivity index (χ0n) is 18.0. The van der Waals surface area contributed by atoms with Gasteiger partial charge in [0.15, 0.2) is 11.1 Å². The molecular weight excluding hydrogens is 497 g/mol. The molecule has 0 atom stereocenters. The van der Waals surface area contributed by atoms with E-state index in [1.54, 1.807) is 11.3 Å². The normalized spacial score (nSPS) is 18.7. The highest BCUT2D eigenvalue weighted by molar-refractivity contribution is 14.0. The van der Waals surface area contributed by atoms with Crippen LogP contribution in [0, 0.1) is 5.41 Å². The van der Waals surface area contributed by atoms with Crippen LogP contribution in [0.4, 0.5) is 5.13 Å². The number of thiazole rings is 1. The number of rotatable bonds is 10. The summed E-state index contributed by atoms with van der Waals surface area (Å²) in [6.45, 7) is 7.90. The first-order valence-electron chi connectivity index (χ1n) is 11.0. The number of ether oxygens (including phenoxy) is 1. The fourth-order valence-corrected chi connectivity index (χ4v) is 5.25. The van der Waals surface area contributed by atoms with Crippen molar-refractivity contribution in [1.82, 2.24) is 15.6 Å². The SMILES string of the molecule is CCOCCC1(CNC(=NC)NCCc2csc(N3CCCC3)n2)CCCC1.I. The summed E-state index contributed by atoms with van der Waals surface area (Å²) in [5, 5.41) is 10.4. The molecule has 0 spiro atoms. The van der Waals surface area contributed by atoms with Gasteiger partial charge in [-0.05, 0) is 44.4 Å². The Morgan fingerprint density at radius 2 is 2.00 bits per heavy atom. The van der Waals surface area contributed by atoms with E-state index < -0.39 is 0 Å². The van der Waals surface area contributed by atoms with E-state index in [4.69, 9.17) is 9.72 Å². The number of hydrogen-bond donors (Lipinski definition) is 2. The second-order valence-electron chi connectivity index (χ2n) is 8.07. The van der Waals surface area contributed by atoms with Gasteiger partial charge in [-0.1, -0.05) is 12.8 Å². The van der Waals surface area contributed by atoms with Crippen molar-refractivity contribution < 1.29 is 4.74 Å². The molecule has 0 aromatic carbocycles. The number of anilines is 1. The van der Waals surface area contributed by atoms with Crippen molar-refractivity contribution in [3.05, 3.63) is 11.1 Å². The van der Waals surface area contributed by atoms with Crippen LogP contribution >= 0.6 is 35.3 Å². The Kier molecular flexibility index (Phi) is 11.0. The van der Waals surface area contributed by atoms with Crippen molar-refractivity contribution in [2.45, 2.75) is 58.3 Å². The molecule has 1 aliphatic carbocycles. The molecule has 1 saturated carbocycles. The summed E-state index contributed by atoms with van der Waals surface area (Å²) in [6.07, 6.45) is 9.93. The largest absolute Gasteiger partial charge is 0.382 e. The quantitative estimate of drug-likeness (QED) is 0.205. The minimum absolute atomic E-state index is 0. The van der Waals surface area contributed by atoms with Crippen LogP contribution < -0.4 is 15.5 Å². The van der Waals surface area contributed by atoms with Crippen LogP contribution in [0.25, 0.3) is 0 Å². The topological polar surface area (TPSA) is 61.8 Å². The minimum atomic E-state index is 0. The number of aliphatic imine (C=N–C) groups is 1. The highest BCUT2D eigenvalue weighted by atomic mass is 127. The van der Waals surface area contributed by atoms with Crippen LogP contribution in [0.3, 0.4) is 0 Å². The zero-order valence-corrected chi connectivity index (χ0v) is 21.2. The summed E-state index contributed by atoms with van der Waals surface area (Å²) in [5.41, 5.74) is 1.55. The van der Waals surface area contributed by atoms with E-state index in [2.05, 4.69) is 32.8 Å². The average molecular weight is 536 g/mol. The summed E-state index contributed by atoms with van der Waals surface area (Å²) >= 11 is 1.78. The van der Waals surface area contributed by atoms with E-state index in [-0.39, 0.29) is 24.0 Å². The van der Waals surface area contributed by atoms with Gasteiger partial charge in [-0.2, -0.15) is 0 Å². The second kappa shape index (κ2) is 12.9. The molecule has 166 valence electrons. The van der Waals surface area contributed by atoms with Crippen LogP contribution in [0.1, 0.15) is 57.6 Å². The minimum Gasteiger partial charge on any atom is -0.382 e. The van der Waals surface area contributed by atoms with E-state index >= 15 is 0 Å². The molecule has 0 amide bonds. The predicted molar refractivity (Wildman–Crippen MR) is 134 cm³/mol. The van der Waals surface area contributed by atoms with Crippen molar-refractivity contribution in [1.29, 1.82) is 0 Å². The lowest BCUT2D eigenvalue weighted by Gasteiger charge is -2.30. The van der Waals surface area contributed by atoms with Gasteiger partial charge < -0.3 is 20.3 Å². The van der Waals surface area contributed by atoms with Gasteiger partial charge in [0.25, 0.3) is 0 Å². The molecule has 0 radical (unpaired) electrons. The van der Waals surface area contributed by atoms with Crippen molar-refractivity contribution in [2.24, 2.45) is 10.4 Å². The van der Waals surface area contributed by atoms with Crippen molar-refractivity contribution in [3.63, 3.8) is 0 Å². The number of nitrogens with one attached hydrogen (secondary N) is 2. The Labute approximate surface area is 197 Å². The third-order valence-electron chi connectivity index (χ3n) is 6.09. The molecule has 2 aliphatic rings. The fourth-order valence-electron chi connectivity index (χ4n) is 4.34. The lowest BCUT2D eigenvalue weighted by molar-refractivity contribution is 0.105. The molecule has 8 heteroatoms. The van der Waals surface area contributed by atoms with Crippen LogP contribution in [0.15, 0.2) is 10.4 Å². The molecule has 0 unspecified atom stereocenters. The van der Waals surface area contributed by atoms with Gasteiger partial charge in [-0.25, -0.2) is 4.98 Å². The molecule has 1 aromatic heterocycles. The highest BCUT2D eigenvalue weighted by Crippen LogP contribution is 2.40. The summed E-state index contributed by atoms with van der Waals surface area (Å²) in [4.78, 5) is 11.6. The molecule has 29 heavy (non-hydrogen) atoms. The fraction of sp³-hybridized carbons (Fsp3) is 0.810. The first-order chi connectivity index (χ1) is 13.7. The van der Waals surface area contributed by atoms with Crippen LogP contribution in [0.2, 0.25) is 0 Å². The van der Waals surface area contributed by atoms with Crippen molar-refractivity contribution in [2.75, 3.05) is 51.3 Å². The van der Waals surface area contributed by atoms with Gasteiger partial charge in [0.2, 0.25) is 0 Å². The molecular formula is C21H38IN5OS. The maximum absolute atomic E-state index is 5.62. The Balaban J connectivity index is 0.00000300. The molecule has 2 fully saturated rings. The number of nitrogens with zero attached hydrogens (tertiary/aromatic N) is 3. The first-order valence-corrected chi connectivity index (χ1v) is 11.8. The molecule has 1 aromatic rings. The van der Waals surface area contributed by atoms with E-state index in [9.17, 15) is 0 Å². The Morgan fingerprint density at radius 3 is 2.69 bits per heavy atom. The molecule has 1 aliphatic heterocycles. The third kappa shape index (κ3) is 7.54. The summed E-state index contributed by atoms with van der Waals surface area (Å²) in [6, 6.07) is 0. The van der Waals surface area contributed by atoms with Gasteiger partial charge in [0.1, 0.15) is 0 Å². The summed E-state index contributed by atoms with van der Waals surface area (Å²) in [7, 11) is 1.85. The lowest BCUT2D eigenvalue weighted by Crippen LogP contribution is -2.44. The molecule has 2 N–H and O–H groups in total. The summed E-state index contributed by atoms with van der Waals surface area (Å²) < 4.78 is 5.62. The molecule has 0 bridgehead atoms. The van der Waals surface area contributed by atoms with Gasteiger partial charge in [-0.15, -0.1) is 35.3 Å². The summed E-state index contributed by atoms with van der Waals surface area (Å²) in [5.74, 6) is 0.901. The third-order valence-corrected chi connectivity index (χ3v) is 7.04. The number of guanidine groups is 1. The zero-order chi connectivity index (χ0) is 19.7. The van der Waals surface area contributed by atoms with Crippen LogP contribution in [0.5, 0.6) is 0 Å². The van der Waals surface area contributed by atoms with Gasteiger partial charge in [0, 0.05) is 58.2 Å². The predicted octanol–water partition coefficient (Wildman–Crippen LogP) is 4.06. The van der Waals surface area contributed by atoms with Gasteiger partial charge in [0.05, 0.1) is 5.69 Å². The van der Waals surface area contributed by atoms with E-state index in [0.29, 0.717) is 5.41 Å². The van der Waals surface area contributed by atoms with Crippen molar-refractivity contribution in [3.8, 4) is 0 Å². The van der Waals surface area contributed by atoms with E-state index in [1.165, 1.54) is 49.4 Å². The Bertz CT molecular complexity index is 612. The second-order valence-corrected chi connectivity index (χ2v) is 8.91. The number of hydrogen-bond acceptors (Lipinski definition) is 5. The Morgan fingerprint density at radius 1 is 1.24 bits per heavy atom. The highest BCUT2D eigenvalue weighted by Gasteiger charge is 2.33. The van der Waals surface area contributed by atoms with E-state index in [1.807, 2.05) is 7.05 Å². The van der Waals surface area contributed by atoms with E-state index in [0.717, 1.165) is 58.2 Å². The lowest BCUT2D eigenvalue weighted by atomic mass is 9.83. The average Bonchev–Trinajstić information content (AvgIpc) is 3.46. The smallest absolute Gasteiger partial charge is 0.191 e. The van der Waals surface area contributed by atoms with Gasteiger partial charge >= 0.3 is 0 Å². The maximum Gasteiger partial charge on any atom is 0.191 e. The first kappa shape index (κ1) is 24.7. The van der Waals surface area contributed by atoms with Crippen LogP contribution in [-0.2, 0) is 11.2 Å².